The number of aromatic nitrogens is 6. The second-order valence-electron chi connectivity index (χ2n) is 6.66. The fourth-order valence-corrected chi connectivity index (χ4v) is 3.49. The number of imidazole rings is 2. The van der Waals surface area contributed by atoms with Crippen LogP contribution < -0.4 is 5.32 Å². The van der Waals surface area contributed by atoms with Crippen molar-refractivity contribution >= 4 is 39.2 Å². The summed E-state index contributed by atoms with van der Waals surface area (Å²) in [5.74, 6) is 0.737. The normalized spacial score (nSPS) is 11.5. The maximum atomic E-state index is 6.05. The molecule has 0 aliphatic carbocycles. The van der Waals surface area contributed by atoms with Crippen LogP contribution in [0.15, 0.2) is 55.1 Å². The van der Waals surface area contributed by atoms with Gasteiger partial charge in [-0.2, -0.15) is 5.10 Å². The highest BCUT2D eigenvalue weighted by molar-refractivity contribution is 6.31. The van der Waals surface area contributed by atoms with Crippen LogP contribution >= 0.6 is 11.6 Å². The summed E-state index contributed by atoms with van der Waals surface area (Å²) >= 11 is 6.05. The van der Waals surface area contributed by atoms with E-state index in [0.29, 0.717) is 5.02 Å². The second kappa shape index (κ2) is 7.01. The van der Waals surface area contributed by atoms with Crippen molar-refractivity contribution in [3.05, 3.63) is 60.1 Å². The van der Waals surface area contributed by atoms with E-state index in [9.17, 15) is 0 Å². The van der Waals surface area contributed by atoms with Gasteiger partial charge >= 0.3 is 0 Å². The molecule has 0 fully saturated rings. The Bertz CT molecular complexity index is 1240. The second-order valence-corrected chi connectivity index (χ2v) is 7.10. The van der Waals surface area contributed by atoms with E-state index in [1.807, 2.05) is 42.9 Å². The summed E-state index contributed by atoms with van der Waals surface area (Å²) < 4.78 is 2.08. The Morgan fingerprint density at radius 2 is 2.07 bits per heavy atom. The zero-order chi connectivity index (χ0) is 18.9. The fraction of sp³-hybridized carbons (Fsp3) is 0.150. The summed E-state index contributed by atoms with van der Waals surface area (Å²) in [5.41, 5.74) is 4.62. The van der Waals surface area contributed by atoms with Gasteiger partial charge in [-0.3, -0.25) is 5.10 Å². The molecule has 0 saturated heterocycles. The molecule has 2 aromatic carbocycles. The molecular weight excluding hydrogens is 374 g/mol. The van der Waals surface area contributed by atoms with Gasteiger partial charge in [0.15, 0.2) is 5.82 Å². The summed E-state index contributed by atoms with van der Waals surface area (Å²) in [7, 11) is 0. The molecule has 0 bridgehead atoms. The minimum atomic E-state index is 0.677. The Kier molecular flexibility index (Phi) is 4.21. The van der Waals surface area contributed by atoms with E-state index < -0.39 is 0 Å². The number of rotatable bonds is 6. The zero-order valence-electron chi connectivity index (χ0n) is 15.0. The lowest BCUT2D eigenvalue weighted by Gasteiger charge is -2.06. The molecule has 0 spiro atoms. The molecule has 8 heteroatoms. The molecule has 0 unspecified atom stereocenters. The van der Waals surface area contributed by atoms with Gasteiger partial charge in [-0.25, -0.2) is 9.97 Å². The molecule has 5 aromatic rings. The highest BCUT2D eigenvalue weighted by Crippen LogP contribution is 2.28. The number of fused-ring (bicyclic) bond motifs is 2. The van der Waals surface area contributed by atoms with Crippen LogP contribution in [0.25, 0.3) is 33.5 Å². The molecule has 3 heterocycles. The molecule has 0 radical (unpaired) electrons. The van der Waals surface area contributed by atoms with Gasteiger partial charge < -0.3 is 14.9 Å². The highest BCUT2D eigenvalue weighted by Gasteiger charge is 2.13. The Morgan fingerprint density at radius 1 is 1.11 bits per heavy atom. The van der Waals surface area contributed by atoms with Gasteiger partial charge in [-0.05, 0) is 42.8 Å². The van der Waals surface area contributed by atoms with Gasteiger partial charge in [0.05, 0.1) is 22.9 Å². The van der Waals surface area contributed by atoms with E-state index in [-0.39, 0.29) is 0 Å². The Hall–Kier alpha value is -3.32. The van der Waals surface area contributed by atoms with Crippen LogP contribution in [0.2, 0.25) is 5.02 Å². The lowest BCUT2D eigenvalue weighted by molar-refractivity contribution is 0.661. The van der Waals surface area contributed by atoms with E-state index in [1.165, 1.54) is 0 Å². The van der Waals surface area contributed by atoms with Gasteiger partial charge in [-0.1, -0.05) is 11.6 Å². The number of anilines is 1. The van der Waals surface area contributed by atoms with Crippen molar-refractivity contribution in [3.63, 3.8) is 0 Å². The minimum Gasteiger partial charge on any atom is -0.385 e. The lowest BCUT2D eigenvalue weighted by atomic mass is 10.2. The molecule has 3 N–H and O–H groups in total. The van der Waals surface area contributed by atoms with Crippen molar-refractivity contribution in [2.24, 2.45) is 0 Å². The predicted molar refractivity (Wildman–Crippen MR) is 112 cm³/mol. The summed E-state index contributed by atoms with van der Waals surface area (Å²) in [6.45, 7) is 1.83. The van der Waals surface area contributed by atoms with Crippen LogP contribution in [0.1, 0.15) is 6.42 Å². The number of nitrogens with zero attached hydrogens (tertiary/aromatic N) is 4. The summed E-state index contributed by atoms with van der Waals surface area (Å²) in [6, 6.07) is 11.8. The molecule has 0 atom stereocenters. The average Bonchev–Trinajstić information content (AvgIpc) is 3.43. The summed E-state index contributed by atoms with van der Waals surface area (Å²) in [6.07, 6.45) is 6.63. The Balaban J connectivity index is 1.34. The molecule has 3 aromatic heterocycles. The first kappa shape index (κ1) is 16.8. The third-order valence-electron chi connectivity index (χ3n) is 4.71. The van der Waals surface area contributed by atoms with E-state index in [4.69, 9.17) is 11.6 Å². The molecule has 0 aliphatic rings. The van der Waals surface area contributed by atoms with Crippen molar-refractivity contribution in [3.8, 4) is 11.5 Å². The van der Waals surface area contributed by atoms with Crippen LogP contribution in [0, 0.1) is 0 Å². The molecular formula is C20H18ClN7. The van der Waals surface area contributed by atoms with Crippen molar-refractivity contribution in [1.82, 2.24) is 29.7 Å². The molecule has 0 amide bonds. The number of aromatic amines is 2. The van der Waals surface area contributed by atoms with Crippen LogP contribution in [0.5, 0.6) is 0 Å². The van der Waals surface area contributed by atoms with Crippen LogP contribution in [0.3, 0.4) is 0 Å². The first-order valence-electron chi connectivity index (χ1n) is 9.10. The highest BCUT2D eigenvalue weighted by atomic mass is 35.5. The third kappa shape index (κ3) is 3.20. The van der Waals surface area contributed by atoms with Gasteiger partial charge in [0.25, 0.3) is 0 Å². The summed E-state index contributed by atoms with van der Waals surface area (Å²) in [5, 5.41) is 12.6. The van der Waals surface area contributed by atoms with Crippen LogP contribution in [0.4, 0.5) is 5.69 Å². The molecule has 0 aliphatic heterocycles. The van der Waals surface area contributed by atoms with Gasteiger partial charge in [-0.15, -0.1) is 0 Å². The largest absolute Gasteiger partial charge is 0.385 e. The van der Waals surface area contributed by atoms with Crippen LogP contribution in [-0.4, -0.2) is 36.3 Å². The van der Waals surface area contributed by atoms with Crippen molar-refractivity contribution in [2.45, 2.75) is 13.0 Å². The zero-order valence-corrected chi connectivity index (χ0v) is 15.7. The van der Waals surface area contributed by atoms with E-state index >= 15 is 0 Å². The van der Waals surface area contributed by atoms with Gasteiger partial charge in [0.1, 0.15) is 5.69 Å². The SMILES string of the molecule is Clc1ccc2c(-c3nc4ccc(NCCCn5ccnc5)cc4[nH]3)n[nH]c2c1. The van der Waals surface area contributed by atoms with Gasteiger partial charge in [0.2, 0.25) is 0 Å². The maximum absolute atomic E-state index is 6.05. The number of hydrogen-bond donors (Lipinski definition) is 3. The molecule has 7 nitrogen and oxygen atoms in total. The summed E-state index contributed by atoms with van der Waals surface area (Å²) in [4.78, 5) is 12.1. The number of hydrogen-bond acceptors (Lipinski definition) is 4. The quantitative estimate of drug-likeness (QED) is 0.373. The standard InChI is InChI=1S/C20H18ClN7/c21-13-2-4-15-17(10-13)26-27-19(15)20-24-16-5-3-14(11-18(16)25-20)23-6-1-8-28-9-7-22-12-28/h2-5,7,9-12,23H,1,6,8H2,(H,24,25)(H,26,27). The van der Waals surface area contributed by atoms with E-state index in [0.717, 1.165) is 58.7 Å². The van der Waals surface area contributed by atoms with Crippen LogP contribution in [-0.2, 0) is 6.54 Å². The van der Waals surface area contributed by atoms with Gasteiger partial charge in [0, 0.05) is 41.6 Å². The average molecular weight is 392 g/mol. The number of aryl methyl sites for hydroxylation is 1. The minimum absolute atomic E-state index is 0.677. The van der Waals surface area contributed by atoms with Crippen molar-refractivity contribution < 1.29 is 0 Å². The maximum Gasteiger partial charge on any atom is 0.159 e. The lowest BCUT2D eigenvalue weighted by Crippen LogP contribution is -2.05. The fourth-order valence-electron chi connectivity index (χ4n) is 3.32. The first-order valence-corrected chi connectivity index (χ1v) is 9.47. The Labute approximate surface area is 165 Å². The Morgan fingerprint density at radius 3 is 2.96 bits per heavy atom. The topological polar surface area (TPSA) is 87.2 Å². The van der Waals surface area contributed by atoms with Crippen molar-refractivity contribution in [2.75, 3.05) is 11.9 Å². The molecule has 5 rings (SSSR count). The smallest absolute Gasteiger partial charge is 0.159 e. The number of halogens is 1. The molecule has 28 heavy (non-hydrogen) atoms. The van der Waals surface area contributed by atoms with Crippen molar-refractivity contribution in [1.29, 1.82) is 0 Å². The third-order valence-corrected chi connectivity index (χ3v) is 4.95. The van der Waals surface area contributed by atoms with E-state index in [2.05, 4.69) is 41.1 Å². The number of nitrogens with one attached hydrogen (secondary N) is 3. The van der Waals surface area contributed by atoms with E-state index in [1.54, 1.807) is 6.20 Å². The molecule has 140 valence electrons. The monoisotopic (exact) mass is 391 g/mol. The number of H-pyrrole nitrogens is 2. The molecule has 0 saturated carbocycles. The first-order chi connectivity index (χ1) is 13.8. The number of benzene rings is 2. The predicted octanol–water partition coefficient (Wildman–Crippen LogP) is 4.46.